The molecule has 0 aromatic heterocycles. The second kappa shape index (κ2) is 4.53. The maximum atomic E-state index is 3.96. The third kappa shape index (κ3) is 2.26. The SMILES string of the molecule is Cc1cccc(CCNS)c1C. The minimum atomic E-state index is 0.924. The fourth-order valence-corrected chi connectivity index (χ4v) is 1.39. The molecule has 0 fully saturated rings. The van der Waals surface area contributed by atoms with Crippen LogP contribution in [0.15, 0.2) is 18.2 Å². The van der Waals surface area contributed by atoms with E-state index in [1.54, 1.807) is 0 Å². The molecule has 1 nitrogen and oxygen atoms in total. The normalized spacial score (nSPS) is 10.2. The lowest BCUT2D eigenvalue weighted by molar-refractivity contribution is 0.904. The predicted octanol–water partition coefficient (Wildman–Crippen LogP) is 2.28. The fraction of sp³-hybridized carbons (Fsp3) is 0.400. The van der Waals surface area contributed by atoms with E-state index in [4.69, 9.17) is 0 Å². The number of thiol groups is 1. The Labute approximate surface area is 79.7 Å². The van der Waals surface area contributed by atoms with Gasteiger partial charge in [-0.05, 0) is 37.0 Å². The van der Waals surface area contributed by atoms with Crippen molar-refractivity contribution in [3.63, 3.8) is 0 Å². The maximum Gasteiger partial charge on any atom is 0.00967 e. The van der Waals surface area contributed by atoms with Gasteiger partial charge in [-0.15, -0.1) is 0 Å². The molecule has 1 N–H and O–H groups in total. The molecule has 0 spiro atoms. The molecule has 0 heterocycles. The van der Waals surface area contributed by atoms with Crippen LogP contribution in [0.3, 0.4) is 0 Å². The van der Waals surface area contributed by atoms with Gasteiger partial charge >= 0.3 is 0 Å². The summed E-state index contributed by atoms with van der Waals surface area (Å²) in [5.74, 6) is 0. The van der Waals surface area contributed by atoms with Crippen LogP contribution in [0.4, 0.5) is 0 Å². The number of nitrogens with one attached hydrogen (secondary N) is 1. The third-order valence-electron chi connectivity index (χ3n) is 2.22. The van der Waals surface area contributed by atoms with Gasteiger partial charge in [-0.25, -0.2) is 0 Å². The molecular weight excluding hydrogens is 166 g/mol. The smallest absolute Gasteiger partial charge is 0.00967 e. The van der Waals surface area contributed by atoms with Gasteiger partial charge in [0.2, 0.25) is 0 Å². The van der Waals surface area contributed by atoms with Crippen LogP contribution in [-0.4, -0.2) is 6.54 Å². The van der Waals surface area contributed by atoms with Gasteiger partial charge in [-0.3, -0.25) is 4.72 Å². The quantitative estimate of drug-likeness (QED) is 0.682. The summed E-state index contributed by atoms with van der Waals surface area (Å²) < 4.78 is 2.86. The van der Waals surface area contributed by atoms with Crippen LogP contribution < -0.4 is 4.72 Å². The summed E-state index contributed by atoms with van der Waals surface area (Å²) in [5, 5.41) is 0. The first kappa shape index (κ1) is 9.62. The van der Waals surface area contributed by atoms with Crippen molar-refractivity contribution in [2.24, 2.45) is 0 Å². The van der Waals surface area contributed by atoms with Crippen LogP contribution in [0.2, 0.25) is 0 Å². The molecule has 0 aliphatic carbocycles. The van der Waals surface area contributed by atoms with Crippen molar-refractivity contribution in [2.75, 3.05) is 6.54 Å². The second-order valence-electron chi connectivity index (χ2n) is 3.02. The van der Waals surface area contributed by atoms with Crippen molar-refractivity contribution < 1.29 is 0 Å². The van der Waals surface area contributed by atoms with Crippen molar-refractivity contribution in [3.05, 3.63) is 34.9 Å². The molecule has 0 unspecified atom stereocenters. The monoisotopic (exact) mass is 181 g/mol. The lowest BCUT2D eigenvalue weighted by Crippen LogP contribution is -2.06. The van der Waals surface area contributed by atoms with E-state index in [-0.39, 0.29) is 0 Å². The number of rotatable bonds is 3. The maximum absolute atomic E-state index is 3.96. The van der Waals surface area contributed by atoms with E-state index < -0.39 is 0 Å². The standard InChI is InChI=1S/C10H15NS/c1-8-4-3-5-10(9(8)2)6-7-11-12/h3-5,11-12H,6-7H2,1-2H3. The van der Waals surface area contributed by atoms with Gasteiger partial charge in [0.1, 0.15) is 0 Å². The van der Waals surface area contributed by atoms with E-state index in [1.165, 1.54) is 16.7 Å². The molecule has 2 heteroatoms. The van der Waals surface area contributed by atoms with Crippen LogP contribution in [0.1, 0.15) is 16.7 Å². The molecule has 1 aromatic rings. The molecule has 1 rings (SSSR count). The largest absolute Gasteiger partial charge is 0.266 e. The number of aryl methyl sites for hydroxylation is 1. The second-order valence-corrected chi connectivity index (χ2v) is 3.33. The highest BCUT2D eigenvalue weighted by Gasteiger charge is 1.98. The molecular formula is C10H15NS. The Bertz CT molecular complexity index is 258. The fourth-order valence-electron chi connectivity index (χ4n) is 1.27. The van der Waals surface area contributed by atoms with E-state index in [1.807, 2.05) is 0 Å². The van der Waals surface area contributed by atoms with Gasteiger partial charge in [0.15, 0.2) is 0 Å². The molecule has 0 atom stereocenters. The van der Waals surface area contributed by atoms with Crippen LogP contribution in [0.25, 0.3) is 0 Å². The molecule has 0 saturated carbocycles. The number of benzene rings is 1. The Kier molecular flexibility index (Phi) is 3.63. The van der Waals surface area contributed by atoms with E-state index >= 15 is 0 Å². The lowest BCUT2D eigenvalue weighted by atomic mass is 10.0. The summed E-state index contributed by atoms with van der Waals surface area (Å²) in [6.07, 6.45) is 1.05. The Morgan fingerprint density at radius 2 is 2.08 bits per heavy atom. The van der Waals surface area contributed by atoms with Gasteiger partial charge < -0.3 is 0 Å². The van der Waals surface area contributed by atoms with Crippen molar-refractivity contribution >= 4 is 12.8 Å². The zero-order chi connectivity index (χ0) is 8.97. The topological polar surface area (TPSA) is 12.0 Å². The highest BCUT2D eigenvalue weighted by molar-refractivity contribution is 7.78. The van der Waals surface area contributed by atoms with Crippen LogP contribution in [-0.2, 0) is 6.42 Å². The Morgan fingerprint density at radius 1 is 1.33 bits per heavy atom. The Balaban J connectivity index is 2.78. The zero-order valence-corrected chi connectivity index (χ0v) is 8.49. The zero-order valence-electron chi connectivity index (χ0n) is 7.59. The summed E-state index contributed by atoms with van der Waals surface area (Å²) in [5.41, 5.74) is 4.18. The first-order valence-corrected chi connectivity index (χ1v) is 4.62. The van der Waals surface area contributed by atoms with Crippen LogP contribution in [0, 0.1) is 13.8 Å². The highest BCUT2D eigenvalue weighted by atomic mass is 32.1. The molecule has 12 heavy (non-hydrogen) atoms. The molecule has 66 valence electrons. The van der Waals surface area contributed by atoms with Gasteiger partial charge in [-0.2, -0.15) is 0 Å². The average Bonchev–Trinajstić information content (AvgIpc) is 2.08. The van der Waals surface area contributed by atoms with Gasteiger partial charge in [0, 0.05) is 6.54 Å². The first-order valence-electron chi connectivity index (χ1n) is 4.17. The Morgan fingerprint density at radius 3 is 2.75 bits per heavy atom. The van der Waals surface area contributed by atoms with Gasteiger partial charge in [0.25, 0.3) is 0 Å². The van der Waals surface area contributed by atoms with Gasteiger partial charge in [-0.1, -0.05) is 31.0 Å². The summed E-state index contributed by atoms with van der Waals surface area (Å²) in [6, 6.07) is 6.43. The first-order chi connectivity index (χ1) is 5.75. The molecule has 0 aliphatic rings. The van der Waals surface area contributed by atoms with Crippen molar-refractivity contribution in [1.29, 1.82) is 0 Å². The number of hydrogen-bond donors (Lipinski definition) is 2. The molecule has 0 saturated heterocycles. The van der Waals surface area contributed by atoms with Crippen LogP contribution >= 0.6 is 12.8 Å². The summed E-state index contributed by atoms with van der Waals surface area (Å²) in [6.45, 7) is 5.24. The Hall–Kier alpha value is -0.470. The molecule has 0 aliphatic heterocycles. The van der Waals surface area contributed by atoms with Crippen molar-refractivity contribution in [2.45, 2.75) is 20.3 Å². The molecule has 0 bridgehead atoms. The molecule has 1 aromatic carbocycles. The van der Waals surface area contributed by atoms with E-state index in [9.17, 15) is 0 Å². The number of hydrogen-bond acceptors (Lipinski definition) is 2. The minimum Gasteiger partial charge on any atom is -0.266 e. The van der Waals surface area contributed by atoms with E-state index in [2.05, 4.69) is 49.6 Å². The van der Waals surface area contributed by atoms with E-state index in [0.29, 0.717) is 0 Å². The predicted molar refractivity (Wildman–Crippen MR) is 56.6 cm³/mol. The van der Waals surface area contributed by atoms with Gasteiger partial charge in [0.05, 0.1) is 0 Å². The molecule has 0 radical (unpaired) electrons. The highest BCUT2D eigenvalue weighted by Crippen LogP contribution is 2.12. The lowest BCUT2D eigenvalue weighted by Gasteiger charge is -2.07. The average molecular weight is 181 g/mol. The summed E-state index contributed by atoms with van der Waals surface area (Å²) in [7, 11) is 0. The molecule has 0 amide bonds. The summed E-state index contributed by atoms with van der Waals surface area (Å²) >= 11 is 3.96. The van der Waals surface area contributed by atoms with Crippen molar-refractivity contribution in [3.8, 4) is 0 Å². The van der Waals surface area contributed by atoms with Crippen molar-refractivity contribution in [1.82, 2.24) is 4.72 Å². The summed E-state index contributed by atoms with van der Waals surface area (Å²) in [4.78, 5) is 0. The van der Waals surface area contributed by atoms with E-state index in [0.717, 1.165) is 13.0 Å². The minimum absolute atomic E-state index is 0.924. The van der Waals surface area contributed by atoms with Crippen LogP contribution in [0.5, 0.6) is 0 Å². The third-order valence-corrected chi connectivity index (χ3v) is 2.45.